The van der Waals surface area contributed by atoms with Crippen molar-refractivity contribution in [3.63, 3.8) is 0 Å². The molecule has 0 fully saturated rings. The molecule has 0 atom stereocenters. The molecule has 0 saturated carbocycles. The molecule has 3 N–H and O–H groups in total. The van der Waals surface area contributed by atoms with E-state index in [4.69, 9.17) is 22.3 Å². The number of nitrogen functional groups attached to an aromatic ring is 1. The lowest BCUT2D eigenvalue weighted by Crippen LogP contribution is -2.12. The monoisotopic (exact) mass is 609 g/mol. The first-order chi connectivity index (χ1) is 20.4. The highest BCUT2D eigenvalue weighted by Crippen LogP contribution is 2.42. The Labute approximate surface area is 253 Å². The number of hydrogen-bond donors (Lipinski definition) is 2. The molecule has 0 unspecified atom stereocenters. The second-order valence-electron chi connectivity index (χ2n) is 9.31. The van der Waals surface area contributed by atoms with Crippen LogP contribution in [0.2, 0.25) is 5.02 Å². The van der Waals surface area contributed by atoms with Crippen LogP contribution >= 0.6 is 34.3 Å². The van der Waals surface area contributed by atoms with E-state index >= 15 is 4.39 Å². The van der Waals surface area contributed by atoms with Crippen LogP contribution in [0.25, 0.3) is 38.7 Å². The second kappa shape index (κ2) is 11.7. The molecule has 6 rings (SSSR count). The molecular weight excluding hydrogens is 589 g/mol. The fourth-order valence-corrected chi connectivity index (χ4v) is 6.26. The van der Waals surface area contributed by atoms with Crippen LogP contribution in [0.3, 0.4) is 0 Å². The maximum atomic E-state index is 15.0. The molecule has 3 heterocycles. The van der Waals surface area contributed by atoms with E-state index in [1.54, 1.807) is 78.1 Å². The fraction of sp³-hybridized carbons (Fsp3) is 0. The Hall–Kier alpha value is -4.63. The Morgan fingerprint density at radius 3 is 2.40 bits per heavy atom. The van der Waals surface area contributed by atoms with Crippen molar-refractivity contribution < 1.29 is 14.0 Å². The molecule has 0 spiro atoms. The Bertz CT molecular complexity index is 1970. The topological polar surface area (TPSA) is 85.1 Å². The van der Waals surface area contributed by atoms with Gasteiger partial charge in [0, 0.05) is 37.7 Å². The highest BCUT2D eigenvalue weighted by atomic mass is 35.5. The van der Waals surface area contributed by atoms with E-state index < -0.39 is 11.7 Å². The number of anilines is 2. The molecule has 0 aliphatic heterocycles. The number of hydrogen-bond acceptors (Lipinski definition) is 6. The van der Waals surface area contributed by atoms with Crippen molar-refractivity contribution in [1.29, 1.82) is 0 Å². The van der Waals surface area contributed by atoms with Gasteiger partial charge in [0.1, 0.15) is 15.5 Å². The molecule has 5 nitrogen and oxygen atoms in total. The summed E-state index contributed by atoms with van der Waals surface area (Å²) in [5.41, 5.74) is 10.0. The van der Waals surface area contributed by atoms with Crippen LogP contribution in [0.4, 0.5) is 15.8 Å². The average Bonchev–Trinajstić information content (AvgIpc) is 3.64. The molecule has 206 valence electrons. The van der Waals surface area contributed by atoms with Crippen molar-refractivity contribution in [2.75, 3.05) is 11.1 Å². The van der Waals surface area contributed by atoms with Crippen molar-refractivity contribution in [2.24, 2.45) is 0 Å². The summed E-state index contributed by atoms with van der Waals surface area (Å²) in [7, 11) is 0. The number of halogens is 2. The lowest BCUT2D eigenvalue weighted by molar-refractivity contribution is 0.102. The van der Waals surface area contributed by atoms with Gasteiger partial charge in [-0.05, 0) is 77.7 Å². The molecule has 3 aromatic heterocycles. The van der Waals surface area contributed by atoms with Crippen molar-refractivity contribution >= 4 is 73.6 Å². The predicted molar refractivity (Wildman–Crippen MR) is 172 cm³/mol. The van der Waals surface area contributed by atoms with Crippen molar-refractivity contribution in [2.45, 2.75) is 0 Å². The van der Waals surface area contributed by atoms with Crippen LogP contribution in [0.1, 0.15) is 24.9 Å². The zero-order chi connectivity index (χ0) is 29.2. The number of nitrogens with one attached hydrogen (secondary N) is 1. The lowest BCUT2D eigenvalue weighted by Gasteiger charge is -2.10. The summed E-state index contributed by atoms with van der Waals surface area (Å²) in [5.74, 6) is -0.985. The third-order valence-corrected chi connectivity index (χ3v) is 8.77. The Kier molecular flexibility index (Phi) is 7.67. The average molecular weight is 610 g/mol. The molecule has 9 heteroatoms. The first-order valence-corrected chi connectivity index (χ1v) is 14.9. The number of aromatic nitrogens is 1. The Balaban J connectivity index is 1.33. The first-order valence-electron chi connectivity index (χ1n) is 12.8. The van der Waals surface area contributed by atoms with E-state index in [9.17, 15) is 9.59 Å². The molecule has 3 aromatic carbocycles. The fourth-order valence-electron chi connectivity index (χ4n) is 4.50. The van der Waals surface area contributed by atoms with E-state index in [1.807, 2.05) is 29.6 Å². The van der Waals surface area contributed by atoms with Gasteiger partial charge in [0.25, 0.3) is 5.91 Å². The standard InChI is InChI=1S/C33H21ClFN3O2S2/c34-21-11-7-19(8-12-21)27-18-25(24-5-1-2-6-26(24)35)29-30(36)31(42-33(29)38-27)32(40)37-22-13-9-20(10-14-22)28(39)16-15-23-4-3-17-41-23/h1-18H,36H2,(H,37,40)/b16-15+. The second-order valence-corrected chi connectivity index (χ2v) is 11.7. The minimum Gasteiger partial charge on any atom is -0.397 e. The van der Waals surface area contributed by atoms with E-state index in [0.29, 0.717) is 43.3 Å². The highest BCUT2D eigenvalue weighted by molar-refractivity contribution is 7.21. The maximum Gasteiger partial charge on any atom is 0.267 e. The van der Waals surface area contributed by atoms with Crippen LogP contribution in [-0.2, 0) is 0 Å². The van der Waals surface area contributed by atoms with Crippen LogP contribution in [0.15, 0.2) is 102 Å². The van der Waals surface area contributed by atoms with Gasteiger partial charge in [0.05, 0.1) is 11.4 Å². The van der Waals surface area contributed by atoms with Crippen LogP contribution in [0, 0.1) is 5.82 Å². The number of benzene rings is 3. The number of ketones is 1. The van der Waals surface area contributed by atoms with Crippen LogP contribution in [0.5, 0.6) is 0 Å². The minimum atomic E-state index is -0.431. The molecular formula is C33H21ClFN3O2S2. The molecule has 0 bridgehead atoms. The third-order valence-electron chi connectivity index (χ3n) is 6.58. The summed E-state index contributed by atoms with van der Waals surface area (Å²) in [6, 6.07) is 25.9. The van der Waals surface area contributed by atoms with Crippen LogP contribution in [-0.4, -0.2) is 16.7 Å². The number of rotatable bonds is 7. The molecule has 0 aliphatic rings. The molecule has 0 radical (unpaired) electrons. The largest absolute Gasteiger partial charge is 0.397 e. The summed E-state index contributed by atoms with van der Waals surface area (Å²) >= 11 is 8.76. The summed E-state index contributed by atoms with van der Waals surface area (Å²) < 4.78 is 15.0. The number of pyridine rings is 1. The highest BCUT2D eigenvalue weighted by Gasteiger charge is 2.23. The third kappa shape index (κ3) is 5.60. The zero-order valence-corrected chi connectivity index (χ0v) is 24.2. The maximum absolute atomic E-state index is 15.0. The number of carbonyl (C=O) groups is 2. The summed E-state index contributed by atoms with van der Waals surface area (Å²) in [6.45, 7) is 0. The van der Waals surface area contributed by atoms with Crippen molar-refractivity contribution in [3.8, 4) is 22.4 Å². The number of carbonyl (C=O) groups excluding carboxylic acids is 2. The molecule has 0 saturated heterocycles. The molecule has 6 aromatic rings. The smallest absolute Gasteiger partial charge is 0.267 e. The van der Waals surface area contributed by atoms with Gasteiger partial charge in [0.15, 0.2) is 5.78 Å². The number of fused-ring (bicyclic) bond motifs is 1. The number of allylic oxidation sites excluding steroid dienone is 1. The van der Waals surface area contributed by atoms with Crippen LogP contribution < -0.4 is 11.1 Å². The van der Waals surface area contributed by atoms with E-state index in [0.717, 1.165) is 21.8 Å². The zero-order valence-electron chi connectivity index (χ0n) is 21.8. The quantitative estimate of drug-likeness (QED) is 0.140. The van der Waals surface area contributed by atoms with E-state index in [1.165, 1.54) is 12.1 Å². The van der Waals surface area contributed by atoms with Gasteiger partial charge in [0.2, 0.25) is 0 Å². The summed E-state index contributed by atoms with van der Waals surface area (Å²) in [5, 5.41) is 5.89. The Morgan fingerprint density at radius 2 is 1.69 bits per heavy atom. The van der Waals surface area contributed by atoms with E-state index in [2.05, 4.69) is 5.32 Å². The van der Waals surface area contributed by atoms with Crippen molar-refractivity contribution in [3.05, 3.63) is 129 Å². The summed E-state index contributed by atoms with van der Waals surface area (Å²) in [6.07, 6.45) is 3.30. The number of nitrogens with zero attached hydrogens (tertiary/aromatic N) is 1. The first kappa shape index (κ1) is 27.5. The van der Waals surface area contributed by atoms with Gasteiger partial charge in [-0.25, -0.2) is 9.37 Å². The minimum absolute atomic E-state index is 0.140. The van der Waals surface area contributed by atoms with Gasteiger partial charge in [-0.3, -0.25) is 9.59 Å². The number of amides is 1. The molecule has 1 amide bonds. The normalized spacial score (nSPS) is 11.3. The van der Waals surface area contributed by atoms with Gasteiger partial charge in [-0.1, -0.05) is 48.0 Å². The van der Waals surface area contributed by atoms with Crippen molar-refractivity contribution in [1.82, 2.24) is 4.98 Å². The number of nitrogens with two attached hydrogens (primary N) is 1. The SMILES string of the molecule is Nc1c(C(=O)Nc2ccc(C(=O)/C=C/c3cccs3)cc2)sc2nc(-c3ccc(Cl)cc3)cc(-c3ccccc3F)c12. The Morgan fingerprint density at radius 1 is 0.929 bits per heavy atom. The van der Waals surface area contributed by atoms with Gasteiger partial charge >= 0.3 is 0 Å². The summed E-state index contributed by atoms with van der Waals surface area (Å²) in [4.78, 5) is 32.4. The van der Waals surface area contributed by atoms with Gasteiger partial charge in [-0.15, -0.1) is 22.7 Å². The number of thiophene rings is 2. The van der Waals surface area contributed by atoms with Gasteiger partial charge < -0.3 is 11.1 Å². The van der Waals surface area contributed by atoms with Gasteiger partial charge in [-0.2, -0.15) is 0 Å². The molecule has 42 heavy (non-hydrogen) atoms. The predicted octanol–water partition coefficient (Wildman–Crippen LogP) is 9.21. The lowest BCUT2D eigenvalue weighted by atomic mass is 9.99. The van der Waals surface area contributed by atoms with E-state index in [-0.39, 0.29) is 16.3 Å². The molecule has 0 aliphatic carbocycles.